The summed E-state index contributed by atoms with van der Waals surface area (Å²) in [5, 5.41) is 8.79. The second-order valence-corrected chi connectivity index (χ2v) is 6.28. The highest BCUT2D eigenvalue weighted by Gasteiger charge is 2.20. The SMILES string of the molecule is CC(C)c1ncc(CN2CCC[C@@H](CCC(=O)O)C2)cn1. The van der Waals surface area contributed by atoms with Gasteiger partial charge in [0.2, 0.25) is 0 Å². The Labute approximate surface area is 126 Å². The summed E-state index contributed by atoms with van der Waals surface area (Å²) in [7, 11) is 0. The first-order valence-corrected chi connectivity index (χ1v) is 7.79. The number of rotatable bonds is 6. The summed E-state index contributed by atoms with van der Waals surface area (Å²) in [6, 6.07) is 0. The van der Waals surface area contributed by atoms with Crippen LogP contribution in [0.1, 0.15) is 56.8 Å². The second-order valence-electron chi connectivity index (χ2n) is 6.28. The summed E-state index contributed by atoms with van der Waals surface area (Å²) >= 11 is 0. The second kappa shape index (κ2) is 7.50. The molecule has 0 saturated carbocycles. The fraction of sp³-hybridized carbons (Fsp3) is 0.688. The van der Waals surface area contributed by atoms with Gasteiger partial charge in [-0.05, 0) is 31.7 Å². The summed E-state index contributed by atoms with van der Waals surface area (Å²) in [5.41, 5.74) is 1.14. The third kappa shape index (κ3) is 5.08. The highest BCUT2D eigenvalue weighted by molar-refractivity contribution is 5.66. The molecule has 1 N–H and O–H groups in total. The molecule has 1 aliphatic heterocycles. The first kappa shape index (κ1) is 15.9. The lowest BCUT2D eigenvalue weighted by Gasteiger charge is -2.32. The minimum Gasteiger partial charge on any atom is -0.481 e. The van der Waals surface area contributed by atoms with Gasteiger partial charge >= 0.3 is 5.97 Å². The predicted octanol–water partition coefficient (Wildman–Crippen LogP) is 2.68. The molecular weight excluding hydrogens is 266 g/mol. The van der Waals surface area contributed by atoms with Crippen molar-refractivity contribution in [3.8, 4) is 0 Å². The molecule has 0 unspecified atom stereocenters. The molecule has 5 nitrogen and oxygen atoms in total. The number of hydrogen-bond acceptors (Lipinski definition) is 4. The van der Waals surface area contributed by atoms with Crippen LogP contribution in [-0.2, 0) is 11.3 Å². The van der Waals surface area contributed by atoms with Crippen molar-refractivity contribution < 1.29 is 9.90 Å². The molecule has 1 atom stereocenters. The van der Waals surface area contributed by atoms with Crippen LogP contribution >= 0.6 is 0 Å². The largest absolute Gasteiger partial charge is 0.481 e. The number of carbonyl (C=O) groups is 1. The van der Waals surface area contributed by atoms with Crippen LogP contribution in [0.2, 0.25) is 0 Å². The molecule has 2 rings (SSSR count). The van der Waals surface area contributed by atoms with Crippen molar-refractivity contribution in [1.82, 2.24) is 14.9 Å². The molecule has 21 heavy (non-hydrogen) atoms. The lowest BCUT2D eigenvalue weighted by Crippen LogP contribution is -2.35. The number of aromatic nitrogens is 2. The standard InChI is InChI=1S/C16H25N3O2/c1-12(2)16-17-8-14(9-18-16)11-19-7-3-4-13(10-19)5-6-15(20)21/h8-9,12-13H,3-7,10-11H2,1-2H3,(H,20,21)/t13-/m0/s1. The minimum atomic E-state index is -0.690. The molecule has 1 fully saturated rings. The van der Waals surface area contributed by atoms with Crippen molar-refractivity contribution in [2.75, 3.05) is 13.1 Å². The fourth-order valence-electron chi connectivity index (χ4n) is 2.86. The molecule has 2 heterocycles. The van der Waals surface area contributed by atoms with Gasteiger partial charge in [0.25, 0.3) is 0 Å². The number of nitrogens with zero attached hydrogens (tertiary/aromatic N) is 3. The molecule has 0 bridgehead atoms. The maximum atomic E-state index is 10.7. The lowest BCUT2D eigenvalue weighted by molar-refractivity contribution is -0.137. The van der Waals surface area contributed by atoms with Crippen molar-refractivity contribution in [1.29, 1.82) is 0 Å². The Bertz CT molecular complexity index is 459. The quantitative estimate of drug-likeness (QED) is 0.873. The zero-order valence-electron chi connectivity index (χ0n) is 13.0. The number of carboxylic acids is 1. The zero-order chi connectivity index (χ0) is 15.2. The molecule has 1 saturated heterocycles. The molecule has 0 amide bonds. The Morgan fingerprint density at radius 2 is 2.14 bits per heavy atom. The summed E-state index contributed by atoms with van der Waals surface area (Å²) in [5.74, 6) is 1.06. The summed E-state index contributed by atoms with van der Waals surface area (Å²) in [4.78, 5) is 21.9. The molecule has 0 aliphatic carbocycles. The van der Waals surface area contributed by atoms with Crippen molar-refractivity contribution in [3.05, 3.63) is 23.8 Å². The summed E-state index contributed by atoms with van der Waals surface area (Å²) in [6.07, 6.45) is 7.20. The molecule has 1 aromatic rings. The van der Waals surface area contributed by atoms with Crippen molar-refractivity contribution in [2.24, 2.45) is 5.92 Å². The molecule has 0 spiro atoms. The van der Waals surface area contributed by atoms with Crippen LogP contribution in [0, 0.1) is 5.92 Å². The topological polar surface area (TPSA) is 66.3 Å². The number of carboxylic acid groups (broad SMARTS) is 1. The van der Waals surface area contributed by atoms with E-state index < -0.39 is 5.97 Å². The van der Waals surface area contributed by atoms with Crippen LogP contribution in [0.15, 0.2) is 12.4 Å². The van der Waals surface area contributed by atoms with Crippen LogP contribution in [0.3, 0.4) is 0 Å². The van der Waals surface area contributed by atoms with Gasteiger partial charge in [-0.25, -0.2) is 9.97 Å². The third-order valence-electron chi connectivity index (χ3n) is 4.02. The zero-order valence-corrected chi connectivity index (χ0v) is 13.0. The highest BCUT2D eigenvalue weighted by Crippen LogP contribution is 2.22. The van der Waals surface area contributed by atoms with Gasteiger partial charge in [0, 0.05) is 43.4 Å². The van der Waals surface area contributed by atoms with Gasteiger partial charge in [-0.3, -0.25) is 9.69 Å². The third-order valence-corrected chi connectivity index (χ3v) is 4.02. The maximum Gasteiger partial charge on any atom is 0.303 e. The minimum absolute atomic E-state index is 0.282. The van der Waals surface area contributed by atoms with Crippen molar-refractivity contribution >= 4 is 5.97 Å². The number of likely N-dealkylation sites (tertiary alicyclic amines) is 1. The predicted molar refractivity (Wildman–Crippen MR) is 81.0 cm³/mol. The van der Waals surface area contributed by atoms with E-state index in [2.05, 4.69) is 28.7 Å². The van der Waals surface area contributed by atoms with Crippen molar-refractivity contribution in [3.63, 3.8) is 0 Å². The van der Waals surface area contributed by atoms with E-state index in [1.54, 1.807) is 0 Å². The molecule has 0 radical (unpaired) electrons. The van der Waals surface area contributed by atoms with E-state index in [1.807, 2.05) is 12.4 Å². The van der Waals surface area contributed by atoms with Gasteiger partial charge in [0.05, 0.1) is 0 Å². The Kier molecular flexibility index (Phi) is 5.67. The van der Waals surface area contributed by atoms with E-state index >= 15 is 0 Å². The normalized spacial score (nSPS) is 19.9. The summed E-state index contributed by atoms with van der Waals surface area (Å²) < 4.78 is 0. The lowest BCUT2D eigenvalue weighted by atomic mass is 9.93. The van der Waals surface area contributed by atoms with E-state index in [4.69, 9.17) is 5.11 Å². The Morgan fingerprint density at radius 3 is 2.76 bits per heavy atom. The monoisotopic (exact) mass is 291 g/mol. The average Bonchev–Trinajstić information content (AvgIpc) is 2.46. The van der Waals surface area contributed by atoms with Gasteiger partial charge in [-0.2, -0.15) is 0 Å². The van der Waals surface area contributed by atoms with E-state index in [1.165, 1.54) is 0 Å². The molecule has 1 aromatic heterocycles. The highest BCUT2D eigenvalue weighted by atomic mass is 16.4. The molecular formula is C16H25N3O2. The van der Waals surface area contributed by atoms with E-state index in [0.29, 0.717) is 11.8 Å². The van der Waals surface area contributed by atoms with Gasteiger partial charge in [-0.1, -0.05) is 13.8 Å². The van der Waals surface area contributed by atoms with Crippen molar-refractivity contribution in [2.45, 2.75) is 52.0 Å². The van der Waals surface area contributed by atoms with Gasteiger partial charge in [0.15, 0.2) is 0 Å². The first-order valence-electron chi connectivity index (χ1n) is 7.79. The van der Waals surface area contributed by atoms with Crippen LogP contribution in [-0.4, -0.2) is 39.0 Å². The van der Waals surface area contributed by atoms with E-state index in [9.17, 15) is 4.79 Å². The van der Waals surface area contributed by atoms with Crippen LogP contribution in [0.5, 0.6) is 0 Å². The van der Waals surface area contributed by atoms with Crippen LogP contribution in [0.25, 0.3) is 0 Å². The number of aliphatic carboxylic acids is 1. The number of hydrogen-bond donors (Lipinski definition) is 1. The molecule has 5 heteroatoms. The average molecular weight is 291 g/mol. The van der Waals surface area contributed by atoms with E-state index in [0.717, 1.165) is 50.3 Å². The summed E-state index contributed by atoms with van der Waals surface area (Å²) in [6.45, 7) is 7.11. The van der Waals surface area contributed by atoms with Crippen LogP contribution in [0.4, 0.5) is 0 Å². The fourth-order valence-corrected chi connectivity index (χ4v) is 2.86. The van der Waals surface area contributed by atoms with Crippen LogP contribution < -0.4 is 0 Å². The maximum absolute atomic E-state index is 10.7. The van der Waals surface area contributed by atoms with Gasteiger partial charge in [0.1, 0.15) is 5.82 Å². The van der Waals surface area contributed by atoms with Gasteiger partial charge in [-0.15, -0.1) is 0 Å². The van der Waals surface area contributed by atoms with Gasteiger partial charge < -0.3 is 5.11 Å². The smallest absolute Gasteiger partial charge is 0.303 e. The Balaban J connectivity index is 1.85. The first-order chi connectivity index (χ1) is 10.0. The molecule has 1 aliphatic rings. The number of piperidine rings is 1. The Morgan fingerprint density at radius 1 is 1.43 bits per heavy atom. The Hall–Kier alpha value is -1.49. The molecule has 0 aromatic carbocycles. The molecule has 116 valence electrons. The van der Waals surface area contributed by atoms with E-state index in [-0.39, 0.29) is 6.42 Å².